The van der Waals surface area contributed by atoms with Crippen LogP contribution in [-0.2, 0) is 27.1 Å². The van der Waals surface area contributed by atoms with Gasteiger partial charge in [0.15, 0.2) is 0 Å². The molecule has 0 amide bonds. The summed E-state index contributed by atoms with van der Waals surface area (Å²) in [6.45, 7) is 33.9. The monoisotopic (exact) mass is 1030 g/mol. The molecule has 7 nitrogen and oxygen atoms in total. The van der Waals surface area contributed by atoms with Gasteiger partial charge in [0, 0.05) is 40.9 Å². The van der Waals surface area contributed by atoms with Crippen molar-refractivity contribution in [2.45, 2.75) is 131 Å². The summed E-state index contributed by atoms with van der Waals surface area (Å²) in [6, 6.07) is 50.5. The Balaban J connectivity index is 0.937. The summed E-state index contributed by atoms with van der Waals surface area (Å²) in [5, 5.41) is 2.19. The third kappa shape index (κ3) is 9.17. The molecule has 5 heterocycles. The van der Waals surface area contributed by atoms with E-state index >= 15 is 0 Å². The van der Waals surface area contributed by atoms with Gasteiger partial charge in [-0.1, -0.05) is 146 Å². The van der Waals surface area contributed by atoms with Crippen molar-refractivity contribution < 1.29 is 18.8 Å². The van der Waals surface area contributed by atoms with E-state index < -0.39 is 0 Å². The summed E-state index contributed by atoms with van der Waals surface area (Å²) in [4.78, 5) is 5.03. The first kappa shape index (κ1) is 51.0. The second kappa shape index (κ2) is 17.9. The molecule has 0 atom stereocenters. The Bertz CT molecular complexity index is 3930. The van der Waals surface area contributed by atoms with Crippen LogP contribution in [0.2, 0.25) is 0 Å². The van der Waals surface area contributed by atoms with Crippen LogP contribution in [0.5, 0.6) is 34.5 Å². The summed E-state index contributed by atoms with van der Waals surface area (Å²) in [6.07, 6.45) is 9.64. The van der Waals surface area contributed by atoms with Gasteiger partial charge in [-0.2, -0.15) is 0 Å². The van der Waals surface area contributed by atoms with Gasteiger partial charge in [-0.15, -0.1) is 0 Å². The standard InChI is InChI=1S/C70H71BN4O3/c1-66(2,3)45-20-25-60-56(37-45)71-57-38-46(67(4,5)6)21-26-61(57)78-63-33-44(32-62(77-60)65(63)71)43-19-24-58-55(31-43)54-23-22-53(41-59(54)75(58)64-39-47(27-28-72-64)68(7,8)9)76-52-18-16-17-50(40-52)73-29-30-74(42-73)51-35-48(69(10,11)12)34-49(36-51)70(13,14)15/h16-41H,1-15H3. The van der Waals surface area contributed by atoms with Gasteiger partial charge in [0.2, 0.25) is 0 Å². The van der Waals surface area contributed by atoms with Crippen molar-refractivity contribution >= 4 is 44.9 Å². The fourth-order valence-corrected chi connectivity index (χ4v) is 11.2. The Hall–Kier alpha value is -7.84. The van der Waals surface area contributed by atoms with Gasteiger partial charge in [0.05, 0.1) is 22.4 Å². The number of nitrogens with zero attached hydrogens (tertiary/aromatic N) is 4. The zero-order valence-electron chi connectivity index (χ0n) is 48.1. The highest BCUT2D eigenvalue weighted by Crippen LogP contribution is 2.43. The largest absolute Gasteiger partial charge is 0.458 e. The van der Waals surface area contributed by atoms with Crippen LogP contribution >= 0.6 is 0 Å². The number of fused-ring (bicyclic) bond motifs is 7. The lowest BCUT2D eigenvalue weighted by Crippen LogP contribution is -2.57. The van der Waals surface area contributed by atoms with E-state index in [0.29, 0.717) is 0 Å². The number of hydrogen-bond donors (Lipinski definition) is 0. The summed E-state index contributed by atoms with van der Waals surface area (Å²) in [7, 11) is 0. The highest BCUT2D eigenvalue weighted by atomic mass is 16.5. The van der Waals surface area contributed by atoms with Crippen LogP contribution in [-0.4, -0.2) is 20.8 Å². The molecule has 0 spiro atoms. The minimum absolute atomic E-state index is 0.00338. The lowest BCUT2D eigenvalue weighted by atomic mass is 9.34. The number of ether oxygens (including phenoxy) is 3. The van der Waals surface area contributed by atoms with Crippen LogP contribution in [0, 0.1) is 6.33 Å². The molecular formula is C70H71BN4O3. The molecule has 12 rings (SSSR count). The molecule has 2 aliphatic rings. The molecule has 0 N–H and O–H groups in total. The van der Waals surface area contributed by atoms with Gasteiger partial charge in [-0.05, 0) is 168 Å². The average Bonchev–Trinajstić information content (AvgIpc) is 4.03. The van der Waals surface area contributed by atoms with Crippen molar-refractivity contribution in [2.24, 2.45) is 0 Å². The maximum Gasteiger partial charge on any atom is 0.268 e. The quantitative estimate of drug-likeness (QED) is 0.0946. The number of imidazole rings is 1. The first-order valence-electron chi connectivity index (χ1n) is 27.6. The van der Waals surface area contributed by atoms with Crippen LogP contribution in [0.1, 0.15) is 132 Å². The van der Waals surface area contributed by atoms with E-state index in [1.807, 2.05) is 22.9 Å². The Morgan fingerprint density at radius 3 is 1.68 bits per heavy atom. The molecular weight excluding hydrogens is 956 g/mol. The van der Waals surface area contributed by atoms with E-state index in [1.165, 1.54) is 38.7 Å². The van der Waals surface area contributed by atoms with Gasteiger partial charge in [0.1, 0.15) is 40.3 Å². The summed E-state index contributed by atoms with van der Waals surface area (Å²) in [5.41, 5.74) is 15.8. The third-order valence-electron chi connectivity index (χ3n) is 16.0. The van der Waals surface area contributed by atoms with Crippen molar-refractivity contribution in [3.63, 3.8) is 0 Å². The number of hydrogen-bond acceptors (Lipinski definition) is 4. The molecule has 0 unspecified atom stereocenters. The highest BCUT2D eigenvalue weighted by Gasteiger charge is 2.42. The summed E-state index contributed by atoms with van der Waals surface area (Å²) < 4.78 is 27.1. The first-order valence-corrected chi connectivity index (χ1v) is 27.6. The van der Waals surface area contributed by atoms with E-state index in [4.69, 9.17) is 19.2 Å². The fraction of sp³-hybridized carbons (Fsp3) is 0.286. The van der Waals surface area contributed by atoms with Gasteiger partial charge in [-0.25, -0.2) is 4.98 Å². The molecule has 2 aliphatic heterocycles. The fourth-order valence-electron chi connectivity index (χ4n) is 11.2. The molecule has 0 radical (unpaired) electrons. The van der Waals surface area contributed by atoms with Crippen LogP contribution in [0.15, 0.2) is 158 Å². The van der Waals surface area contributed by atoms with Crippen LogP contribution in [0.25, 0.3) is 50.1 Å². The van der Waals surface area contributed by atoms with Crippen LogP contribution < -0.4 is 35.2 Å². The predicted molar refractivity (Wildman–Crippen MR) is 321 cm³/mol. The molecule has 3 aromatic heterocycles. The third-order valence-corrected chi connectivity index (χ3v) is 16.0. The van der Waals surface area contributed by atoms with E-state index in [1.54, 1.807) is 0 Å². The van der Waals surface area contributed by atoms with Crippen molar-refractivity contribution in [1.29, 1.82) is 0 Å². The zero-order chi connectivity index (χ0) is 55.0. The molecule has 0 fully saturated rings. The second-order valence-corrected chi connectivity index (χ2v) is 26.9. The van der Waals surface area contributed by atoms with Gasteiger partial charge in [0.25, 0.3) is 13.0 Å². The average molecular weight is 1030 g/mol. The molecule has 10 aromatic rings. The minimum Gasteiger partial charge on any atom is -0.458 e. The Kier molecular flexibility index (Phi) is 11.7. The lowest BCUT2D eigenvalue weighted by molar-refractivity contribution is -0.599. The topological polar surface area (TPSA) is 54.3 Å². The smallest absolute Gasteiger partial charge is 0.268 e. The molecule has 78 heavy (non-hydrogen) atoms. The Morgan fingerprint density at radius 2 is 1.08 bits per heavy atom. The van der Waals surface area contributed by atoms with Crippen molar-refractivity contribution in [3.05, 3.63) is 192 Å². The Morgan fingerprint density at radius 1 is 0.487 bits per heavy atom. The lowest BCUT2D eigenvalue weighted by Gasteiger charge is -2.35. The summed E-state index contributed by atoms with van der Waals surface area (Å²) in [5.74, 6) is 5.70. The summed E-state index contributed by atoms with van der Waals surface area (Å²) >= 11 is 0. The first-order chi connectivity index (χ1) is 36.7. The maximum absolute atomic E-state index is 6.96. The zero-order valence-corrected chi connectivity index (χ0v) is 48.1. The van der Waals surface area contributed by atoms with Crippen molar-refractivity contribution in [3.8, 4) is 62.8 Å². The predicted octanol–water partition coefficient (Wildman–Crippen LogP) is 15.7. The van der Waals surface area contributed by atoms with E-state index in [0.717, 1.165) is 90.1 Å². The molecule has 0 bridgehead atoms. The van der Waals surface area contributed by atoms with Crippen LogP contribution in [0.4, 0.5) is 0 Å². The van der Waals surface area contributed by atoms with E-state index in [-0.39, 0.29) is 33.8 Å². The number of benzene rings is 7. The molecule has 392 valence electrons. The minimum atomic E-state index is -0.0776. The molecule has 0 saturated heterocycles. The molecule has 8 heteroatoms. The van der Waals surface area contributed by atoms with E-state index in [9.17, 15) is 0 Å². The van der Waals surface area contributed by atoms with E-state index in [2.05, 4.69) is 259 Å². The van der Waals surface area contributed by atoms with Crippen molar-refractivity contribution in [1.82, 2.24) is 14.1 Å². The van der Waals surface area contributed by atoms with Crippen LogP contribution in [0.3, 0.4) is 0 Å². The van der Waals surface area contributed by atoms with Crippen molar-refractivity contribution in [2.75, 3.05) is 0 Å². The normalized spacial score (nSPS) is 13.5. The molecule has 7 aromatic carbocycles. The second-order valence-electron chi connectivity index (χ2n) is 26.9. The highest BCUT2D eigenvalue weighted by molar-refractivity contribution is 6.98. The van der Waals surface area contributed by atoms with Gasteiger partial charge < -0.3 is 14.2 Å². The molecule has 0 saturated carbocycles. The number of pyridine rings is 1. The van der Waals surface area contributed by atoms with Gasteiger partial charge in [-0.3, -0.25) is 13.7 Å². The Labute approximate surface area is 461 Å². The SMILES string of the molecule is CC(C)(C)c1cc(-[n+]2[c-]n(-c3cccc(Oc4ccc5c6cc(-c7cc8c9c(c7)Oc7ccc(C(C)(C)C)cc7B9c7cc(C(C)(C)C)ccc7O8)ccc6n(-c6cc(C(C)(C)C)ccn6)c5c4)c3)cc2)cc(C(C)(C)C)c1. The maximum atomic E-state index is 6.96. The van der Waals surface area contributed by atoms with Gasteiger partial charge >= 0.3 is 0 Å². The number of aromatic nitrogens is 4. The number of rotatable bonds is 6. The molecule has 0 aliphatic carbocycles.